The molecule has 0 spiro atoms. The first kappa shape index (κ1) is 11.6. The number of hydrogen-bond acceptors (Lipinski definition) is 3. The molecule has 2 heterocycles. The normalized spacial score (nSPS) is 11.8. The van der Waals surface area contributed by atoms with Crippen LogP contribution in [0.25, 0.3) is 11.6 Å². The Balaban J connectivity index is 2.47. The van der Waals surface area contributed by atoms with Gasteiger partial charge in [-0.1, -0.05) is 6.07 Å². The second-order valence-corrected chi connectivity index (χ2v) is 4.63. The Labute approximate surface area is 103 Å². The van der Waals surface area contributed by atoms with Crippen LogP contribution in [0.2, 0.25) is 0 Å². The molecule has 0 amide bonds. The van der Waals surface area contributed by atoms with Crippen LogP contribution in [0.15, 0.2) is 23.7 Å². The second kappa shape index (κ2) is 4.55. The van der Waals surface area contributed by atoms with Gasteiger partial charge >= 0.3 is 5.97 Å². The Kier molecular flexibility index (Phi) is 3.10. The van der Waals surface area contributed by atoms with Crippen molar-refractivity contribution in [2.45, 2.75) is 6.92 Å². The highest BCUT2D eigenvalue weighted by Crippen LogP contribution is 2.23. The van der Waals surface area contributed by atoms with Crippen molar-refractivity contribution in [1.82, 2.24) is 9.78 Å². The lowest BCUT2D eigenvalue weighted by Crippen LogP contribution is -1.97. The van der Waals surface area contributed by atoms with E-state index in [9.17, 15) is 9.90 Å². The van der Waals surface area contributed by atoms with Crippen LogP contribution in [0.5, 0.6) is 0 Å². The fraction of sp³-hybridized carbons (Fsp3) is 0.167. The second-order valence-electron chi connectivity index (χ2n) is 3.68. The highest BCUT2D eigenvalue weighted by molar-refractivity contribution is 7.11. The van der Waals surface area contributed by atoms with Crippen LogP contribution in [0.1, 0.15) is 16.1 Å². The molecule has 4 nitrogen and oxygen atoms in total. The minimum Gasteiger partial charge on any atom is -0.478 e. The van der Waals surface area contributed by atoms with Crippen LogP contribution < -0.4 is 0 Å². The zero-order chi connectivity index (χ0) is 12.4. The molecule has 0 bridgehead atoms. The topological polar surface area (TPSA) is 55.1 Å². The molecule has 0 aliphatic rings. The zero-order valence-electron chi connectivity index (χ0n) is 9.54. The number of nitrogens with zero attached hydrogens (tertiary/aromatic N) is 2. The smallest absolute Gasteiger partial charge is 0.337 e. The van der Waals surface area contributed by atoms with Gasteiger partial charge in [0.2, 0.25) is 0 Å². The number of carbonyl (C=O) groups is 1. The molecule has 0 saturated heterocycles. The largest absolute Gasteiger partial charge is 0.478 e. The molecule has 88 valence electrons. The minimum absolute atomic E-state index is 0.302. The average molecular weight is 248 g/mol. The van der Waals surface area contributed by atoms with Gasteiger partial charge in [-0.25, -0.2) is 4.79 Å². The molecule has 0 aromatic carbocycles. The Bertz CT molecular complexity index is 567. The van der Waals surface area contributed by atoms with Crippen LogP contribution in [0.3, 0.4) is 0 Å². The first-order chi connectivity index (χ1) is 8.08. The van der Waals surface area contributed by atoms with Gasteiger partial charge in [0.05, 0.1) is 11.3 Å². The van der Waals surface area contributed by atoms with Gasteiger partial charge < -0.3 is 5.11 Å². The van der Waals surface area contributed by atoms with Gasteiger partial charge in [-0.2, -0.15) is 5.10 Å². The number of rotatable bonds is 3. The van der Waals surface area contributed by atoms with Crippen molar-refractivity contribution in [1.29, 1.82) is 0 Å². The molecule has 0 radical (unpaired) electrons. The van der Waals surface area contributed by atoms with E-state index in [0.29, 0.717) is 5.57 Å². The fourth-order valence-electron chi connectivity index (χ4n) is 1.59. The van der Waals surface area contributed by atoms with Crippen LogP contribution >= 0.6 is 11.3 Å². The number of carboxylic acid groups (broad SMARTS) is 1. The van der Waals surface area contributed by atoms with Crippen molar-refractivity contribution in [2.75, 3.05) is 0 Å². The van der Waals surface area contributed by atoms with E-state index in [2.05, 4.69) is 5.10 Å². The van der Waals surface area contributed by atoms with Crippen molar-refractivity contribution in [2.24, 2.45) is 7.05 Å². The Morgan fingerprint density at radius 2 is 2.35 bits per heavy atom. The number of carboxylic acids is 1. The summed E-state index contributed by atoms with van der Waals surface area (Å²) in [5, 5.41) is 15.3. The summed E-state index contributed by atoms with van der Waals surface area (Å²) in [5.74, 6) is -0.921. The molecular weight excluding hydrogens is 236 g/mol. The Morgan fingerprint density at radius 3 is 2.82 bits per heavy atom. The third kappa shape index (κ3) is 2.45. The molecule has 2 rings (SSSR count). The first-order valence-electron chi connectivity index (χ1n) is 5.07. The van der Waals surface area contributed by atoms with E-state index < -0.39 is 5.97 Å². The summed E-state index contributed by atoms with van der Waals surface area (Å²) < 4.78 is 1.68. The lowest BCUT2D eigenvalue weighted by molar-refractivity contribution is -0.130. The molecule has 0 saturated carbocycles. The summed E-state index contributed by atoms with van der Waals surface area (Å²) in [6, 6.07) is 3.64. The van der Waals surface area contributed by atoms with E-state index in [-0.39, 0.29) is 0 Å². The number of aliphatic carboxylic acids is 1. The van der Waals surface area contributed by atoms with Gasteiger partial charge in [0.25, 0.3) is 0 Å². The Hall–Kier alpha value is -1.88. The standard InChI is InChI=1S/C12H12N2O2S/c1-8-9(7-14(2)13-8)6-10(12(15)16)11-4-3-5-17-11/h3-7H,1-2H3,(H,15,16)/b10-6+. The quantitative estimate of drug-likeness (QED) is 0.849. The van der Waals surface area contributed by atoms with Gasteiger partial charge in [0.1, 0.15) is 0 Å². The van der Waals surface area contributed by atoms with Crippen molar-refractivity contribution < 1.29 is 9.90 Å². The van der Waals surface area contributed by atoms with Crippen molar-refractivity contribution in [3.63, 3.8) is 0 Å². The van der Waals surface area contributed by atoms with Gasteiger partial charge in [-0.05, 0) is 24.4 Å². The molecule has 2 aromatic rings. The highest BCUT2D eigenvalue weighted by atomic mass is 32.1. The van der Waals surface area contributed by atoms with E-state index in [1.807, 2.05) is 31.6 Å². The van der Waals surface area contributed by atoms with Gasteiger partial charge in [0.15, 0.2) is 0 Å². The van der Waals surface area contributed by atoms with Crippen LogP contribution in [0, 0.1) is 6.92 Å². The number of thiophene rings is 1. The number of aromatic nitrogens is 2. The van der Waals surface area contributed by atoms with Crippen LogP contribution in [-0.2, 0) is 11.8 Å². The lowest BCUT2D eigenvalue weighted by atomic mass is 10.1. The lowest BCUT2D eigenvalue weighted by Gasteiger charge is -1.98. The maximum atomic E-state index is 11.2. The first-order valence-corrected chi connectivity index (χ1v) is 5.95. The molecular formula is C12H12N2O2S. The molecule has 0 aliphatic heterocycles. The maximum Gasteiger partial charge on any atom is 0.337 e. The summed E-state index contributed by atoms with van der Waals surface area (Å²) in [6.45, 7) is 1.86. The molecule has 2 aromatic heterocycles. The molecule has 0 aliphatic carbocycles. The summed E-state index contributed by atoms with van der Waals surface area (Å²) >= 11 is 1.41. The monoisotopic (exact) mass is 248 g/mol. The molecule has 1 N–H and O–H groups in total. The fourth-order valence-corrected chi connectivity index (χ4v) is 2.32. The zero-order valence-corrected chi connectivity index (χ0v) is 10.4. The third-order valence-electron chi connectivity index (χ3n) is 2.37. The van der Waals surface area contributed by atoms with E-state index in [4.69, 9.17) is 0 Å². The minimum atomic E-state index is -0.921. The van der Waals surface area contributed by atoms with E-state index in [1.165, 1.54) is 11.3 Å². The SMILES string of the molecule is Cc1nn(C)cc1/C=C(/C(=O)O)c1cccs1. The average Bonchev–Trinajstić information content (AvgIpc) is 2.84. The van der Waals surface area contributed by atoms with Crippen LogP contribution in [0.4, 0.5) is 0 Å². The summed E-state index contributed by atoms with van der Waals surface area (Å²) in [6.07, 6.45) is 3.47. The maximum absolute atomic E-state index is 11.2. The van der Waals surface area contributed by atoms with Crippen LogP contribution in [-0.4, -0.2) is 20.9 Å². The van der Waals surface area contributed by atoms with Crippen molar-refractivity contribution >= 4 is 29.0 Å². The Morgan fingerprint density at radius 1 is 1.59 bits per heavy atom. The van der Waals surface area contributed by atoms with Gasteiger partial charge in [-0.3, -0.25) is 4.68 Å². The van der Waals surface area contributed by atoms with Gasteiger partial charge in [-0.15, -0.1) is 11.3 Å². The van der Waals surface area contributed by atoms with Crippen molar-refractivity contribution in [3.8, 4) is 0 Å². The number of aryl methyl sites for hydroxylation is 2. The summed E-state index contributed by atoms with van der Waals surface area (Å²) in [5.41, 5.74) is 1.96. The van der Waals surface area contributed by atoms with Gasteiger partial charge in [0, 0.05) is 23.7 Å². The third-order valence-corrected chi connectivity index (χ3v) is 3.27. The molecule has 5 heteroatoms. The predicted octanol–water partition coefficient (Wildman–Crippen LogP) is 2.42. The number of hydrogen-bond donors (Lipinski definition) is 1. The summed E-state index contributed by atoms with van der Waals surface area (Å²) in [7, 11) is 1.82. The van der Waals surface area contributed by atoms with E-state index in [0.717, 1.165) is 16.1 Å². The molecule has 0 fully saturated rings. The molecule has 17 heavy (non-hydrogen) atoms. The van der Waals surface area contributed by atoms with E-state index >= 15 is 0 Å². The predicted molar refractivity (Wildman–Crippen MR) is 67.8 cm³/mol. The van der Waals surface area contributed by atoms with E-state index in [1.54, 1.807) is 16.8 Å². The molecule has 0 atom stereocenters. The summed E-state index contributed by atoms with van der Waals surface area (Å²) in [4.78, 5) is 12.0. The molecule has 0 unspecified atom stereocenters. The van der Waals surface area contributed by atoms with Crippen molar-refractivity contribution in [3.05, 3.63) is 39.8 Å². The highest BCUT2D eigenvalue weighted by Gasteiger charge is 2.12.